The number of morpholine rings is 1. The third-order valence-electron chi connectivity index (χ3n) is 2.72. The van der Waals surface area contributed by atoms with Gasteiger partial charge >= 0.3 is 0 Å². The van der Waals surface area contributed by atoms with Gasteiger partial charge in [0.2, 0.25) is 0 Å². The fourth-order valence-corrected chi connectivity index (χ4v) is 1.83. The Kier molecular flexibility index (Phi) is 3.10. The summed E-state index contributed by atoms with van der Waals surface area (Å²) in [4.78, 5) is 13.9. The summed E-state index contributed by atoms with van der Waals surface area (Å²) in [5.41, 5.74) is 0.522. The molecule has 2 rings (SSSR count). The Morgan fingerprint density at radius 2 is 2.38 bits per heavy atom. The molecule has 86 valence electrons. The molecule has 1 aliphatic heterocycles. The number of phenolic OH excluding ortho intramolecular Hbond substituents is 1. The van der Waals surface area contributed by atoms with E-state index in [2.05, 4.69) is 0 Å². The number of hydrogen-bond donors (Lipinski definition) is 1. The topological polar surface area (TPSA) is 49.8 Å². The van der Waals surface area contributed by atoms with Gasteiger partial charge in [0.1, 0.15) is 5.75 Å². The van der Waals surface area contributed by atoms with Crippen LogP contribution in [-0.2, 0) is 4.74 Å². The quantitative estimate of drug-likeness (QED) is 0.776. The second-order valence-electron chi connectivity index (χ2n) is 3.97. The number of carbonyl (C=O) groups excluding carboxylic acids is 1. The van der Waals surface area contributed by atoms with Crippen LogP contribution < -0.4 is 0 Å². The summed E-state index contributed by atoms with van der Waals surface area (Å²) in [5.74, 6) is 0.0680. The van der Waals surface area contributed by atoms with E-state index in [9.17, 15) is 9.90 Å². The summed E-state index contributed by atoms with van der Waals surface area (Å²) < 4.78 is 5.28. The first kappa shape index (κ1) is 11.0. The Labute approximate surface area is 94.4 Å². The van der Waals surface area contributed by atoms with Crippen LogP contribution in [0.1, 0.15) is 17.3 Å². The number of phenols is 1. The second kappa shape index (κ2) is 4.53. The average Bonchev–Trinajstić information content (AvgIpc) is 2.29. The molecule has 1 amide bonds. The first-order valence-electron chi connectivity index (χ1n) is 5.36. The number of ether oxygens (including phenoxy) is 1. The number of aromatic hydroxyl groups is 1. The van der Waals surface area contributed by atoms with Crippen LogP contribution in [0.25, 0.3) is 0 Å². The highest BCUT2D eigenvalue weighted by molar-refractivity contribution is 5.94. The molecule has 16 heavy (non-hydrogen) atoms. The zero-order chi connectivity index (χ0) is 11.5. The van der Waals surface area contributed by atoms with E-state index in [0.717, 1.165) is 0 Å². The largest absolute Gasteiger partial charge is 0.508 e. The summed E-state index contributed by atoms with van der Waals surface area (Å²) in [7, 11) is 0. The predicted molar refractivity (Wildman–Crippen MR) is 59.4 cm³/mol. The molecule has 0 spiro atoms. The Bertz CT molecular complexity index is 392. The molecule has 1 heterocycles. The number of nitrogens with zero attached hydrogens (tertiary/aromatic N) is 1. The van der Waals surface area contributed by atoms with E-state index in [1.54, 1.807) is 23.1 Å². The fourth-order valence-electron chi connectivity index (χ4n) is 1.83. The van der Waals surface area contributed by atoms with Crippen molar-refractivity contribution in [3.8, 4) is 5.75 Å². The van der Waals surface area contributed by atoms with E-state index in [1.165, 1.54) is 6.07 Å². The summed E-state index contributed by atoms with van der Waals surface area (Å²) >= 11 is 0. The van der Waals surface area contributed by atoms with Gasteiger partial charge in [0.25, 0.3) is 5.91 Å². The van der Waals surface area contributed by atoms with E-state index in [0.29, 0.717) is 25.3 Å². The molecule has 1 aromatic rings. The summed E-state index contributed by atoms with van der Waals surface area (Å²) in [6.07, 6.45) is 0. The van der Waals surface area contributed by atoms with Gasteiger partial charge in [-0.15, -0.1) is 0 Å². The molecule has 0 aromatic heterocycles. The number of benzene rings is 1. The Balaban J connectivity index is 2.17. The van der Waals surface area contributed by atoms with Gasteiger partial charge in [-0.1, -0.05) is 6.07 Å². The molecule has 0 radical (unpaired) electrons. The molecule has 0 aliphatic carbocycles. The molecular weight excluding hydrogens is 206 g/mol. The molecule has 4 nitrogen and oxygen atoms in total. The maximum Gasteiger partial charge on any atom is 0.254 e. The van der Waals surface area contributed by atoms with E-state index < -0.39 is 0 Å². The van der Waals surface area contributed by atoms with Crippen LogP contribution in [0.5, 0.6) is 5.75 Å². The monoisotopic (exact) mass is 221 g/mol. The lowest BCUT2D eigenvalue weighted by atomic mass is 10.1. The Morgan fingerprint density at radius 1 is 1.56 bits per heavy atom. The summed E-state index contributed by atoms with van der Waals surface area (Å²) in [6, 6.07) is 6.52. The van der Waals surface area contributed by atoms with Gasteiger partial charge in [0.05, 0.1) is 19.3 Å². The van der Waals surface area contributed by atoms with Crippen molar-refractivity contribution in [2.45, 2.75) is 13.0 Å². The highest BCUT2D eigenvalue weighted by Gasteiger charge is 2.24. The zero-order valence-electron chi connectivity index (χ0n) is 9.22. The molecule has 1 aromatic carbocycles. The van der Waals surface area contributed by atoms with Crippen LogP contribution in [-0.4, -0.2) is 41.7 Å². The smallest absolute Gasteiger partial charge is 0.254 e. The van der Waals surface area contributed by atoms with Crippen molar-refractivity contribution < 1.29 is 14.6 Å². The molecule has 1 fully saturated rings. The lowest BCUT2D eigenvalue weighted by Gasteiger charge is -2.33. The molecule has 1 saturated heterocycles. The number of carbonyl (C=O) groups is 1. The first-order valence-corrected chi connectivity index (χ1v) is 5.36. The molecule has 1 unspecified atom stereocenters. The van der Waals surface area contributed by atoms with Gasteiger partial charge in [0, 0.05) is 12.1 Å². The highest BCUT2D eigenvalue weighted by Crippen LogP contribution is 2.16. The van der Waals surface area contributed by atoms with Crippen LogP contribution in [0.4, 0.5) is 0 Å². The number of rotatable bonds is 1. The number of amides is 1. The van der Waals surface area contributed by atoms with E-state index in [-0.39, 0.29) is 17.7 Å². The van der Waals surface area contributed by atoms with Gasteiger partial charge < -0.3 is 14.7 Å². The van der Waals surface area contributed by atoms with Crippen molar-refractivity contribution in [1.82, 2.24) is 4.90 Å². The molecule has 1 atom stereocenters. The molecule has 1 aliphatic rings. The van der Waals surface area contributed by atoms with E-state index >= 15 is 0 Å². The van der Waals surface area contributed by atoms with Gasteiger partial charge in [-0.2, -0.15) is 0 Å². The van der Waals surface area contributed by atoms with Crippen LogP contribution in [0.3, 0.4) is 0 Å². The van der Waals surface area contributed by atoms with Crippen molar-refractivity contribution in [2.75, 3.05) is 19.8 Å². The summed E-state index contributed by atoms with van der Waals surface area (Å²) in [6.45, 7) is 3.72. The lowest BCUT2D eigenvalue weighted by molar-refractivity contribution is 0.00358. The van der Waals surface area contributed by atoms with Crippen molar-refractivity contribution in [2.24, 2.45) is 0 Å². The Morgan fingerprint density at radius 3 is 3.06 bits per heavy atom. The summed E-state index contributed by atoms with van der Waals surface area (Å²) in [5, 5.41) is 9.33. The van der Waals surface area contributed by atoms with Crippen molar-refractivity contribution in [1.29, 1.82) is 0 Å². The normalized spacial score (nSPS) is 20.8. The van der Waals surface area contributed by atoms with Gasteiger partial charge in [-0.25, -0.2) is 0 Å². The predicted octanol–water partition coefficient (Wildman–Crippen LogP) is 1.25. The van der Waals surface area contributed by atoms with Crippen LogP contribution in [0, 0.1) is 0 Å². The minimum atomic E-state index is -0.0494. The molecular formula is C12H15NO3. The SMILES string of the molecule is CC1COCCN1C(=O)c1cccc(O)c1. The van der Waals surface area contributed by atoms with Crippen molar-refractivity contribution in [3.63, 3.8) is 0 Å². The molecule has 0 bridgehead atoms. The van der Waals surface area contributed by atoms with Gasteiger partial charge in [0.15, 0.2) is 0 Å². The molecule has 1 N–H and O–H groups in total. The zero-order valence-corrected chi connectivity index (χ0v) is 9.22. The van der Waals surface area contributed by atoms with Gasteiger partial charge in [-0.05, 0) is 25.1 Å². The van der Waals surface area contributed by atoms with Crippen LogP contribution in [0.15, 0.2) is 24.3 Å². The minimum absolute atomic E-state index is 0.0494. The number of hydrogen-bond acceptors (Lipinski definition) is 3. The standard InChI is InChI=1S/C12H15NO3/c1-9-8-16-6-5-13(9)12(15)10-3-2-4-11(14)7-10/h2-4,7,9,14H,5-6,8H2,1H3. The van der Waals surface area contributed by atoms with Crippen LogP contribution >= 0.6 is 0 Å². The third kappa shape index (κ3) is 2.17. The molecule has 4 heteroatoms. The van der Waals surface area contributed by atoms with E-state index in [1.807, 2.05) is 6.92 Å². The van der Waals surface area contributed by atoms with E-state index in [4.69, 9.17) is 4.74 Å². The van der Waals surface area contributed by atoms with Crippen molar-refractivity contribution in [3.05, 3.63) is 29.8 Å². The second-order valence-corrected chi connectivity index (χ2v) is 3.97. The fraction of sp³-hybridized carbons (Fsp3) is 0.417. The maximum absolute atomic E-state index is 12.1. The average molecular weight is 221 g/mol. The van der Waals surface area contributed by atoms with Gasteiger partial charge in [-0.3, -0.25) is 4.79 Å². The lowest BCUT2D eigenvalue weighted by Crippen LogP contribution is -2.47. The maximum atomic E-state index is 12.1. The van der Waals surface area contributed by atoms with Crippen molar-refractivity contribution >= 4 is 5.91 Å². The third-order valence-corrected chi connectivity index (χ3v) is 2.72. The molecule has 0 saturated carbocycles. The first-order chi connectivity index (χ1) is 7.68. The van der Waals surface area contributed by atoms with Crippen LogP contribution in [0.2, 0.25) is 0 Å². The minimum Gasteiger partial charge on any atom is -0.508 e. The Hall–Kier alpha value is -1.55. The highest BCUT2D eigenvalue weighted by atomic mass is 16.5.